The second-order valence-corrected chi connectivity index (χ2v) is 4.43. The maximum Gasteiger partial charge on any atom is 0.254 e. The smallest absolute Gasteiger partial charge is 0.254 e. The van der Waals surface area contributed by atoms with Gasteiger partial charge in [0.15, 0.2) is 0 Å². The van der Waals surface area contributed by atoms with Crippen molar-refractivity contribution < 1.29 is 4.79 Å². The number of benzene rings is 1. The Morgan fingerprint density at radius 2 is 1.75 bits per heavy atom. The first kappa shape index (κ1) is 12.8. The van der Waals surface area contributed by atoms with Crippen LogP contribution in [0.4, 0.5) is 0 Å². The Morgan fingerprint density at radius 1 is 1.19 bits per heavy atom. The van der Waals surface area contributed by atoms with Crippen molar-refractivity contribution in [2.45, 2.75) is 46.2 Å². The Hall–Kier alpha value is -1.31. The van der Waals surface area contributed by atoms with E-state index in [9.17, 15) is 4.79 Å². The molecular formula is C14H21NO. The average molecular weight is 219 g/mol. The molecule has 1 amide bonds. The quantitative estimate of drug-likeness (QED) is 0.760. The fraction of sp³-hybridized carbons (Fsp3) is 0.500. The van der Waals surface area contributed by atoms with Gasteiger partial charge in [0.25, 0.3) is 5.91 Å². The van der Waals surface area contributed by atoms with Crippen LogP contribution in [0.1, 0.15) is 44.5 Å². The van der Waals surface area contributed by atoms with E-state index in [-0.39, 0.29) is 18.0 Å². The topological polar surface area (TPSA) is 20.3 Å². The Labute approximate surface area is 98.3 Å². The molecule has 88 valence electrons. The summed E-state index contributed by atoms with van der Waals surface area (Å²) in [6.45, 7) is 8.33. The molecule has 1 atom stereocenters. The lowest BCUT2D eigenvalue weighted by molar-refractivity contribution is 0.0622. The first-order valence-electron chi connectivity index (χ1n) is 5.95. The van der Waals surface area contributed by atoms with Crippen LogP contribution in [0.2, 0.25) is 0 Å². The summed E-state index contributed by atoms with van der Waals surface area (Å²) in [5.41, 5.74) is 0.775. The first-order chi connectivity index (χ1) is 7.57. The largest absolute Gasteiger partial charge is 0.334 e. The van der Waals surface area contributed by atoms with E-state index in [0.717, 1.165) is 12.0 Å². The molecule has 0 saturated heterocycles. The van der Waals surface area contributed by atoms with E-state index >= 15 is 0 Å². The molecule has 0 spiro atoms. The molecule has 1 aromatic rings. The summed E-state index contributed by atoms with van der Waals surface area (Å²) >= 11 is 0. The van der Waals surface area contributed by atoms with Crippen LogP contribution in [0.15, 0.2) is 30.3 Å². The van der Waals surface area contributed by atoms with Crippen LogP contribution in [-0.4, -0.2) is 22.9 Å². The standard InChI is InChI=1S/C14H21NO/c1-5-12(4)15(11(2)3)14(16)13-9-7-6-8-10-13/h6-12H,5H2,1-4H3. The number of carbonyl (C=O) groups excluding carboxylic acids is 1. The SMILES string of the molecule is CCC(C)N(C(=O)c1ccccc1)C(C)C. The predicted octanol–water partition coefficient (Wildman–Crippen LogP) is 3.34. The van der Waals surface area contributed by atoms with Gasteiger partial charge in [-0.3, -0.25) is 4.79 Å². The second-order valence-electron chi connectivity index (χ2n) is 4.43. The summed E-state index contributed by atoms with van der Waals surface area (Å²) in [6.07, 6.45) is 0.983. The van der Waals surface area contributed by atoms with E-state index in [1.54, 1.807) is 0 Å². The van der Waals surface area contributed by atoms with E-state index < -0.39 is 0 Å². The third-order valence-corrected chi connectivity index (χ3v) is 2.88. The van der Waals surface area contributed by atoms with E-state index in [1.165, 1.54) is 0 Å². The summed E-state index contributed by atoms with van der Waals surface area (Å²) in [5.74, 6) is 0.130. The molecule has 0 radical (unpaired) electrons. The highest BCUT2D eigenvalue weighted by Gasteiger charge is 2.22. The molecule has 16 heavy (non-hydrogen) atoms. The fourth-order valence-corrected chi connectivity index (χ4v) is 1.87. The number of amides is 1. The molecule has 0 saturated carbocycles. The normalized spacial score (nSPS) is 12.6. The lowest BCUT2D eigenvalue weighted by Crippen LogP contribution is -2.43. The maximum atomic E-state index is 12.3. The molecular weight excluding hydrogens is 198 g/mol. The monoisotopic (exact) mass is 219 g/mol. The van der Waals surface area contributed by atoms with Gasteiger partial charge in [0.1, 0.15) is 0 Å². The number of hydrogen-bond acceptors (Lipinski definition) is 1. The highest BCUT2D eigenvalue weighted by Crippen LogP contribution is 2.14. The predicted molar refractivity (Wildman–Crippen MR) is 67.5 cm³/mol. The van der Waals surface area contributed by atoms with Crippen LogP contribution in [0, 0.1) is 0 Å². The third kappa shape index (κ3) is 2.84. The van der Waals surface area contributed by atoms with Crippen molar-refractivity contribution in [3.8, 4) is 0 Å². The van der Waals surface area contributed by atoms with Gasteiger partial charge in [0.2, 0.25) is 0 Å². The fourth-order valence-electron chi connectivity index (χ4n) is 1.87. The minimum Gasteiger partial charge on any atom is -0.334 e. The molecule has 0 aromatic heterocycles. The molecule has 2 nitrogen and oxygen atoms in total. The molecule has 0 N–H and O–H groups in total. The van der Waals surface area contributed by atoms with Crippen LogP contribution in [0.25, 0.3) is 0 Å². The minimum absolute atomic E-state index is 0.130. The van der Waals surface area contributed by atoms with Crippen LogP contribution in [0.3, 0.4) is 0 Å². The number of rotatable bonds is 4. The number of hydrogen-bond donors (Lipinski definition) is 0. The summed E-state index contributed by atoms with van der Waals surface area (Å²) in [5, 5.41) is 0. The van der Waals surface area contributed by atoms with Gasteiger partial charge in [-0.25, -0.2) is 0 Å². The van der Waals surface area contributed by atoms with E-state index in [0.29, 0.717) is 0 Å². The number of nitrogens with zero attached hydrogens (tertiary/aromatic N) is 1. The Balaban J connectivity index is 2.92. The average Bonchev–Trinajstić information content (AvgIpc) is 2.29. The molecule has 0 fully saturated rings. The summed E-state index contributed by atoms with van der Waals surface area (Å²) in [7, 11) is 0. The van der Waals surface area contributed by atoms with Crippen molar-refractivity contribution in [1.82, 2.24) is 4.90 Å². The zero-order valence-electron chi connectivity index (χ0n) is 10.6. The van der Waals surface area contributed by atoms with Crippen molar-refractivity contribution in [2.75, 3.05) is 0 Å². The van der Waals surface area contributed by atoms with Gasteiger partial charge in [-0.05, 0) is 39.3 Å². The van der Waals surface area contributed by atoms with Crippen molar-refractivity contribution in [2.24, 2.45) is 0 Å². The maximum absolute atomic E-state index is 12.3. The van der Waals surface area contributed by atoms with Crippen molar-refractivity contribution in [1.29, 1.82) is 0 Å². The van der Waals surface area contributed by atoms with Crippen LogP contribution in [0.5, 0.6) is 0 Å². The highest BCUT2D eigenvalue weighted by atomic mass is 16.2. The van der Waals surface area contributed by atoms with Crippen molar-refractivity contribution in [3.63, 3.8) is 0 Å². The first-order valence-corrected chi connectivity index (χ1v) is 5.95. The van der Waals surface area contributed by atoms with E-state index in [2.05, 4.69) is 27.7 Å². The van der Waals surface area contributed by atoms with Crippen molar-refractivity contribution >= 4 is 5.91 Å². The third-order valence-electron chi connectivity index (χ3n) is 2.88. The summed E-state index contributed by atoms with van der Waals surface area (Å²) in [4.78, 5) is 14.3. The Morgan fingerprint density at radius 3 is 2.19 bits per heavy atom. The molecule has 1 rings (SSSR count). The van der Waals surface area contributed by atoms with Crippen LogP contribution < -0.4 is 0 Å². The Kier molecular flexibility index (Phi) is 4.53. The second kappa shape index (κ2) is 5.69. The molecule has 1 unspecified atom stereocenters. The molecule has 2 heteroatoms. The molecule has 0 aliphatic heterocycles. The van der Waals surface area contributed by atoms with Crippen LogP contribution in [-0.2, 0) is 0 Å². The highest BCUT2D eigenvalue weighted by molar-refractivity contribution is 5.94. The molecule has 0 aliphatic carbocycles. The summed E-state index contributed by atoms with van der Waals surface area (Å²) < 4.78 is 0. The zero-order valence-corrected chi connectivity index (χ0v) is 10.6. The van der Waals surface area contributed by atoms with Crippen LogP contribution >= 0.6 is 0 Å². The Bertz CT molecular complexity index is 332. The molecule has 0 aliphatic rings. The van der Waals surface area contributed by atoms with Gasteiger partial charge in [-0.2, -0.15) is 0 Å². The minimum atomic E-state index is 0.130. The van der Waals surface area contributed by atoms with Gasteiger partial charge in [0, 0.05) is 17.6 Å². The molecule has 1 aromatic carbocycles. The molecule has 0 heterocycles. The van der Waals surface area contributed by atoms with Gasteiger partial charge in [0.05, 0.1) is 0 Å². The van der Waals surface area contributed by atoms with Gasteiger partial charge >= 0.3 is 0 Å². The van der Waals surface area contributed by atoms with Crippen molar-refractivity contribution in [3.05, 3.63) is 35.9 Å². The van der Waals surface area contributed by atoms with E-state index in [4.69, 9.17) is 0 Å². The lowest BCUT2D eigenvalue weighted by Gasteiger charge is -2.32. The summed E-state index contributed by atoms with van der Waals surface area (Å²) in [6, 6.07) is 10.0. The van der Waals surface area contributed by atoms with Gasteiger partial charge < -0.3 is 4.90 Å². The number of carbonyl (C=O) groups is 1. The van der Waals surface area contributed by atoms with Gasteiger partial charge in [-0.1, -0.05) is 25.1 Å². The van der Waals surface area contributed by atoms with Gasteiger partial charge in [-0.15, -0.1) is 0 Å². The lowest BCUT2D eigenvalue weighted by atomic mass is 10.1. The molecule has 0 bridgehead atoms. The zero-order chi connectivity index (χ0) is 12.1. The van der Waals surface area contributed by atoms with E-state index in [1.807, 2.05) is 35.2 Å².